The van der Waals surface area contributed by atoms with Gasteiger partial charge < -0.3 is 14.8 Å². The van der Waals surface area contributed by atoms with Crippen molar-refractivity contribution in [2.24, 2.45) is 0 Å². The zero-order chi connectivity index (χ0) is 27.9. The van der Waals surface area contributed by atoms with Crippen molar-refractivity contribution >= 4 is 29.4 Å². The van der Waals surface area contributed by atoms with Crippen LogP contribution in [0.2, 0.25) is 5.02 Å². The third-order valence-electron chi connectivity index (χ3n) is 6.00. The molecule has 8 heteroatoms. The maximum absolute atomic E-state index is 13.3. The highest BCUT2D eigenvalue weighted by Crippen LogP contribution is 2.27. The van der Waals surface area contributed by atoms with Crippen molar-refractivity contribution in [1.29, 1.82) is 5.26 Å². The van der Waals surface area contributed by atoms with Gasteiger partial charge in [0.2, 0.25) is 0 Å². The van der Waals surface area contributed by atoms with Gasteiger partial charge in [-0.15, -0.1) is 0 Å². The van der Waals surface area contributed by atoms with E-state index in [1.54, 1.807) is 18.2 Å². The number of nitrogens with zero attached hydrogens (tertiary/aromatic N) is 1. The molecule has 3 aromatic carbocycles. The van der Waals surface area contributed by atoms with Crippen LogP contribution in [0.25, 0.3) is 0 Å². The molecule has 0 bridgehead atoms. The maximum atomic E-state index is 13.3. The fourth-order valence-electron chi connectivity index (χ4n) is 3.97. The number of rotatable bonds is 9. The summed E-state index contributed by atoms with van der Waals surface area (Å²) < 4.78 is 10.6. The number of benzene rings is 3. The molecule has 3 aromatic rings. The van der Waals surface area contributed by atoms with Gasteiger partial charge in [0.25, 0.3) is 5.91 Å². The third kappa shape index (κ3) is 7.67. The van der Waals surface area contributed by atoms with Crippen LogP contribution in [0.15, 0.2) is 72.8 Å². The van der Waals surface area contributed by atoms with Crippen molar-refractivity contribution in [2.75, 3.05) is 0 Å². The van der Waals surface area contributed by atoms with Gasteiger partial charge in [0, 0.05) is 23.9 Å². The van der Waals surface area contributed by atoms with Crippen molar-refractivity contribution in [3.8, 4) is 11.8 Å². The van der Waals surface area contributed by atoms with Crippen LogP contribution in [0.4, 0.5) is 0 Å². The van der Waals surface area contributed by atoms with E-state index in [0.717, 1.165) is 11.1 Å². The normalized spacial score (nSPS) is 12.5. The summed E-state index contributed by atoms with van der Waals surface area (Å²) in [6.45, 7) is 6.15. The van der Waals surface area contributed by atoms with E-state index in [-0.39, 0.29) is 23.3 Å². The van der Waals surface area contributed by atoms with E-state index in [1.807, 2.05) is 49.4 Å². The number of nitrogens with one attached hydrogen (secondary N) is 1. The highest BCUT2D eigenvalue weighted by atomic mass is 35.5. The van der Waals surface area contributed by atoms with Crippen LogP contribution in [0.3, 0.4) is 0 Å². The summed E-state index contributed by atoms with van der Waals surface area (Å²) in [5.74, 6) is -1.70. The molecule has 0 saturated heterocycles. The van der Waals surface area contributed by atoms with E-state index in [4.69, 9.17) is 21.1 Å². The van der Waals surface area contributed by atoms with Crippen LogP contribution in [0.1, 0.15) is 60.7 Å². The lowest BCUT2D eigenvalue weighted by Gasteiger charge is -2.30. The molecule has 2 unspecified atom stereocenters. The summed E-state index contributed by atoms with van der Waals surface area (Å²) in [6, 6.07) is 22.5. The molecule has 2 atom stereocenters. The molecule has 0 fully saturated rings. The minimum Gasteiger partial charge on any atom is -0.446 e. The van der Waals surface area contributed by atoms with Gasteiger partial charge in [0.15, 0.2) is 5.60 Å². The zero-order valence-electron chi connectivity index (χ0n) is 21.7. The zero-order valence-corrected chi connectivity index (χ0v) is 22.4. The number of carbonyl (C=O) groups is 3. The van der Waals surface area contributed by atoms with Gasteiger partial charge in [0.05, 0.1) is 17.2 Å². The smallest absolute Gasteiger partial charge is 0.339 e. The number of carbonyl (C=O) groups excluding carboxylic acids is 3. The summed E-state index contributed by atoms with van der Waals surface area (Å²) in [7, 11) is 0. The molecule has 1 N–H and O–H groups in total. The van der Waals surface area contributed by atoms with Gasteiger partial charge in [-0.25, -0.2) is 4.79 Å². The Bertz CT molecular complexity index is 1360. The Kier molecular flexibility index (Phi) is 9.27. The molecule has 3 rings (SSSR count). The molecule has 196 valence electrons. The first kappa shape index (κ1) is 28.4. The van der Waals surface area contributed by atoms with Gasteiger partial charge in [0.1, 0.15) is 5.75 Å². The molecule has 0 saturated carbocycles. The monoisotopic (exact) mass is 532 g/mol. The number of esters is 2. The van der Waals surface area contributed by atoms with E-state index >= 15 is 0 Å². The first-order valence-electron chi connectivity index (χ1n) is 12.1. The van der Waals surface area contributed by atoms with Crippen molar-refractivity contribution in [3.05, 3.63) is 100 Å². The predicted molar refractivity (Wildman–Crippen MR) is 144 cm³/mol. The highest BCUT2D eigenvalue weighted by molar-refractivity contribution is 6.30. The van der Waals surface area contributed by atoms with Gasteiger partial charge in [-0.1, -0.05) is 41.9 Å². The van der Waals surface area contributed by atoms with Crippen molar-refractivity contribution in [2.45, 2.75) is 51.7 Å². The van der Waals surface area contributed by atoms with Gasteiger partial charge in [-0.05, 0) is 80.8 Å². The topological polar surface area (TPSA) is 105 Å². The van der Waals surface area contributed by atoms with Crippen LogP contribution in [-0.2, 0) is 20.7 Å². The number of hydrogen-bond acceptors (Lipinski definition) is 6. The van der Waals surface area contributed by atoms with Crippen LogP contribution >= 0.6 is 11.6 Å². The SMILES string of the molecule is CC(=O)Oc1cccc(C(=O)OC(C)(C)C(=O)NC(C)C(Cc2ccc(Cl)cc2)c2cccc(C#N)c2)c1. The van der Waals surface area contributed by atoms with Gasteiger partial charge in [-0.3, -0.25) is 9.59 Å². The Morgan fingerprint density at radius 1 is 1.03 bits per heavy atom. The van der Waals surface area contributed by atoms with Crippen molar-refractivity contribution < 1.29 is 23.9 Å². The standard InChI is InChI=1S/C30H29ClN2O5/c1-19(27(16-21-11-13-25(31)14-12-21)23-8-5-7-22(15-23)18-32)33-29(36)30(3,4)38-28(35)24-9-6-10-26(17-24)37-20(2)34/h5-15,17,19,27H,16H2,1-4H3,(H,33,36). The molecule has 0 aliphatic rings. The Morgan fingerprint density at radius 2 is 1.71 bits per heavy atom. The fraction of sp³-hybridized carbons (Fsp3) is 0.267. The second kappa shape index (κ2) is 12.4. The van der Waals surface area contributed by atoms with Crippen molar-refractivity contribution in [1.82, 2.24) is 5.32 Å². The number of ether oxygens (including phenoxy) is 2. The molecule has 0 spiro atoms. The molecule has 0 aliphatic heterocycles. The van der Waals surface area contributed by atoms with Gasteiger partial charge in [-0.2, -0.15) is 5.26 Å². The molecular formula is C30H29ClN2O5. The number of amides is 1. The second-order valence-electron chi connectivity index (χ2n) is 9.46. The van der Waals surface area contributed by atoms with Crippen molar-refractivity contribution in [3.63, 3.8) is 0 Å². The fourth-order valence-corrected chi connectivity index (χ4v) is 4.09. The molecule has 7 nitrogen and oxygen atoms in total. The lowest BCUT2D eigenvalue weighted by atomic mass is 9.85. The summed E-state index contributed by atoms with van der Waals surface area (Å²) in [5.41, 5.74) is 1.08. The molecule has 0 radical (unpaired) electrons. The summed E-state index contributed by atoms with van der Waals surface area (Å²) >= 11 is 6.05. The van der Waals surface area contributed by atoms with Crippen LogP contribution in [0.5, 0.6) is 5.75 Å². The number of halogens is 1. The molecule has 1 amide bonds. The van der Waals surface area contributed by atoms with Crippen LogP contribution in [-0.4, -0.2) is 29.5 Å². The van der Waals surface area contributed by atoms with Gasteiger partial charge >= 0.3 is 11.9 Å². The predicted octanol–water partition coefficient (Wildman–Crippen LogP) is 5.60. The van der Waals surface area contributed by atoms with E-state index < -0.39 is 23.4 Å². The largest absolute Gasteiger partial charge is 0.446 e. The minimum absolute atomic E-state index is 0.145. The Labute approximate surface area is 227 Å². The Balaban J connectivity index is 1.78. The second-order valence-corrected chi connectivity index (χ2v) is 9.89. The average molecular weight is 533 g/mol. The maximum Gasteiger partial charge on any atom is 0.339 e. The lowest BCUT2D eigenvalue weighted by Crippen LogP contribution is -2.50. The highest BCUT2D eigenvalue weighted by Gasteiger charge is 2.35. The quantitative estimate of drug-likeness (QED) is 0.284. The first-order valence-corrected chi connectivity index (χ1v) is 12.4. The number of nitriles is 1. The van der Waals surface area contributed by atoms with E-state index in [1.165, 1.54) is 32.9 Å². The minimum atomic E-state index is -1.50. The summed E-state index contributed by atoms with van der Waals surface area (Å²) in [4.78, 5) is 37.3. The molecule has 0 aromatic heterocycles. The lowest BCUT2D eigenvalue weighted by molar-refractivity contribution is -0.138. The summed E-state index contributed by atoms with van der Waals surface area (Å²) in [6.07, 6.45) is 0.580. The average Bonchev–Trinajstić information content (AvgIpc) is 2.87. The third-order valence-corrected chi connectivity index (χ3v) is 6.25. The van der Waals surface area contributed by atoms with Crippen LogP contribution < -0.4 is 10.1 Å². The first-order chi connectivity index (χ1) is 18.0. The Morgan fingerprint density at radius 3 is 2.37 bits per heavy atom. The van der Waals surface area contributed by atoms with E-state index in [0.29, 0.717) is 17.0 Å². The van der Waals surface area contributed by atoms with E-state index in [2.05, 4.69) is 11.4 Å². The molecule has 38 heavy (non-hydrogen) atoms. The molecule has 0 aliphatic carbocycles. The number of hydrogen-bond donors (Lipinski definition) is 1. The van der Waals surface area contributed by atoms with Crippen LogP contribution in [0, 0.1) is 11.3 Å². The molecule has 0 heterocycles. The molecular weight excluding hydrogens is 504 g/mol. The Hall–Kier alpha value is -4.15. The van der Waals surface area contributed by atoms with E-state index in [9.17, 15) is 19.6 Å². The summed E-state index contributed by atoms with van der Waals surface area (Å²) in [5, 5.41) is 13.0.